The molecule has 0 saturated heterocycles. The molecule has 2 unspecified atom stereocenters. The molecule has 1 heteroatoms. The topological polar surface area (TPSA) is 12.0 Å². The molecular weight excluding hydrogens is 242 g/mol. The van der Waals surface area contributed by atoms with Gasteiger partial charge in [0.25, 0.3) is 0 Å². The standard InChI is InChI=1S/C19H33N/c1-5-8-12-17(6-2)14-18(15-20-7-3)19-13-10-9-11-16(19)4/h9-11,13,17-18,20H,5-8,12,14-15H2,1-4H3. The predicted molar refractivity (Wildman–Crippen MR) is 90.4 cm³/mol. The SMILES string of the molecule is CCCCC(CC)CC(CNCC)c1ccccc1C. The first-order valence-electron chi connectivity index (χ1n) is 8.49. The molecule has 0 aliphatic heterocycles. The Balaban J connectivity index is 2.75. The molecule has 0 bridgehead atoms. The Morgan fingerprint density at radius 3 is 2.45 bits per heavy atom. The molecule has 0 heterocycles. The minimum Gasteiger partial charge on any atom is -0.316 e. The summed E-state index contributed by atoms with van der Waals surface area (Å²) in [6.07, 6.45) is 6.73. The van der Waals surface area contributed by atoms with E-state index in [-0.39, 0.29) is 0 Å². The van der Waals surface area contributed by atoms with Crippen molar-refractivity contribution in [2.45, 2.75) is 65.7 Å². The smallest absolute Gasteiger partial charge is 0.00202 e. The van der Waals surface area contributed by atoms with Crippen LogP contribution in [0.1, 0.15) is 69.9 Å². The predicted octanol–water partition coefficient (Wildman–Crippen LogP) is 5.29. The first-order valence-corrected chi connectivity index (χ1v) is 8.49. The van der Waals surface area contributed by atoms with E-state index in [1.165, 1.54) is 37.7 Å². The number of hydrogen-bond acceptors (Lipinski definition) is 1. The van der Waals surface area contributed by atoms with Gasteiger partial charge in [0.1, 0.15) is 0 Å². The molecule has 0 aromatic heterocycles. The Morgan fingerprint density at radius 1 is 1.10 bits per heavy atom. The highest BCUT2D eigenvalue weighted by Gasteiger charge is 2.18. The molecule has 0 saturated carbocycles. The zero-order valence-electron chi connectivity index (χ0n) is 13.9. The average Bonchev–Trinajstić information content (AvgIpc) is 2.47. The Morgan fingerprint density at radius 2 is 1.85 bits per heavy atom. The van der Waals surface area contributed by atoms with Crippen LogP contribution in [0.15, 0.2) is 24.3 Å². The van der Waals surface area contributed by atoms with E-state index in [1.54, 1.807) is 5.56 Å². The van der Waals surface area contributed by atoms with Crippen LogP contribution in [0.25, 0.3) is 0 Å². The summed E-state index contributed by atoms with van der Waals surface area (Å²) >= 11 is 0. The van der Waals surface area contributed by atoms with Gasteiger partial charge >= 0.3 is 0 Å². The average molecular weight is 275 g/mol. The van der Waals surface area contributed by atoms with Gasteiger partial charge in [0.05, 0.1) is 0 Å². The van der Waals surface area contributed by atoms with Gasteiger partial charge in [-0.15, -0.1) is 0 Å². The van der Waals surface area contributed by atoms with Crippen LogP contribution in [0.5, 0.6) is 0 Å². The van der Waals surface area contributed by atoms with Crippen molar-refractivity contribution in [2.24, 2.45) is 5.92 Å². The van der Waals surface area contributed by atoms with Crippen molar-refractivity contribution in [1.29, 1.82) is 0 Å². The zero-order valence-corrected chi connectivity index (χ0v) is 13.9. The van der Waals surface area contributed by atoms with Gasteiger partial charge in [-0.1, -0.05) is 70.7 Å². The number of nitrogens with one attached hydrogen (secondary N) is 1. The van der Waals surface area contributed by atoms with E-state index in [2.05, 4.69) is 57.3 Å². The Hall–Kier alpha value is -0.820. The fourth-order valence-electron chi connectivity index (χ4n) is 3.07. The van der Waals surface area contributed by atoms with Crippen LogP contribution in [0, 0.1) is 12.8 Å². The molecule has 0 amide bonds. The van der Waals surface area contributed by atoms with E-state index in [0.29, 0.717) is 5.92 Å². The van der Waals surface area contributed by atoms with Gasteiger partial charge < -0.3 is 5.32 Å². The highest BCUT2D eigenvalue weighted by Crippen LogP contribution is 2.29. The number of hydrogen-bond donors (Lipinski definition) is 1. The first-order chi connectivity index (χ1) is 9.72. The van der Waals surface area contributed by atoms with Crippen LogP contribution < -0.4 is 5.32 Å². The van der Waals surface area contributed by atoms with Crippen LogP contribution in [0.2, 0.25) is 0 Å². The van der Waals surface area contributed by atoms with Crippen molar-refractivity contribution in [3.63, 3.8) is 0 Å². The Labute approximate surface area is 126 Å². The Kier molecular flexibility index (Phi) is 8.60. The molecule has 1 rings (SSSR count). The third-order valence-electron chi connectivity index (χ3n) is 4.43. The maximum Gasteiger partial charge on any atom is 0.00202 e. The molecule has 1 N–H and O–H groups in total. The quantitative estimate of drug-likeness (QED) is 0.611. The number of aryl methyl sites for hydroxylation is 1. The molecule has 114 valence electrons. The van der Waals surface area contributed by atoms with E-state index >= 15 is 0 Å². The van der Waals surface area contributed by atoms with E-state index in [1.807, 2.05) is 0 Å². The number of unbranched alkanes of at least 4 members (excludes halogenated alkanes) is 1. The lowest BCUT2D eigenvalue weighted by atomic mass is 9.83. The summed E-state index contributed by atoms with van der Waals surface area (Å²) in [6, 6.07) is 8.91. The fraction of sp³-hybridized carbons (Fsp3) is 0.684. The third-order valence-corrected chi connectivity index (χ3v) is 4.43. The summed E-state index contributed by atoms with van der Waals surface area (Å²) in [5, 5.41) is 3.56. The summed E-state index contributed by atoms with van der Waals surface area (Å²) in [4.78, 5) is 0. The third kappa shape index (κ3) is 5.66. The van der Waals surface area contributed by atoms with Gasteiger partial charge in [-0.25, -0.2) is 0 Å². The largest absolute Gasteiger partial charge is 0.316 e. The van der Waals surface area contributed by atoms with E-state index in [9.17, 15) is 0 Å². The van der Waals surface area contributed by atoms with Gasteiger partial charge in [-0.2, -0.15) is 0 Å². The molecule has 1 aromatic rings. The highest BCUT2D eigenvalue weighted by molar-refractivity contribution is 5.29. The monoisotopic (exact) mass is 275 g/mol. The lowest BCUT2D eigenvalue weighted by Crippen LogP contribution is -2.23. The molecule has 2 atom stereocenters. The summed E-state index contributed by atoms with van der Waals surface area (Å²) in [6.45, 7) is 11.3. The lowest BCUT2D eigenvalue weighted by molar-refractivity contribution is 0.377. The Bertz CT molecular complexity index is 359. The molecule has 1 aromatic carbocycles. The van der Waals surface area contributed by atoms with Crippen molar-refractivity contribution in [3.05, 3.63) is 35.4 Å². The number of benzene rings is 1. The first kappa shape index (κ1) is 17.2. The molecule has 1 nitrogen and oxygen atoms in total. The normalized spacial score (nSPS) is 14.2. The maximum atomic E-state index is 3.56. The van der Waals surface area contributed by atoms with Gasteiger partial charge in [0, 0.05) is 6.54 Å². The van der Waals surface area contributed by atoms with E-state index < -0.39 is 0 Å². The van der Waals surface area contributed by atoms with Gasteiger partial charge in [-0.05, 0) is 42.9 Å². The van der Waals surface area contributed by atoms with Gasteiger partial charge in [0.15, 0.2) is 0 Å². The summed E-state index contributed by atoms with van der Waals surface area (Å²) in [7, 11) is 0. The molecule has 0 aliphatic carbocycles. The van der Waals surface area contributed by atoms with Crippen molar-refractivity contribution >= 4 is 0 Å². The maximum absolute atomic E-state index is 3.56. The van der Waals surface area contributed by atoms with Gasteiger partial charge in [0.2, 0.25) is 0 Å². The van der Waals surface area contributed by atoms with Crippen LogP contribution in [0.4, 0.5) is 0 Å². The van der Waals surface area contributed by atoms with Crippen LogP contribution >= 0.6 is 0 Å². The summed E-state index contributed by atoms with van der Waals surface area (Å²) < 4.78 is 0. The molecule has 0 fully saturated rings. The molecular formula is C19H33N. The number of rotatable bonds is 10. The summed E-state index contributed by atoms with van der Waals surface area (Å²) in [5.41, 5.74) is 2.99. The van der Waals surface area contributed by atoms with Crippen LogP contribution in [-0.4, -0.2) is 13.1 Å². The molecule has 0 spiro atoms. The second kappa shape index (κ2) is 9.99. The second-order valence-corrected chi connectivity index (χ2v) is 6.01. The van der Waals surface area contributed by atoms with Crippen molar-refractivity contribution in [3.8, 4) is 0 Å². The minimum atomic E-state index is 0.665. The van der Waals surface area contributed by atoms with Crippen LogP contribution in [0.3, 0.4) is 0 Å². The lowest BCUT2D eigenvalue weighted by Gasteiger charge is -2.25. The van der Waals surface area contributed by atoms with Crippen molar-refractivity contribution in [2.75, 3.05) is 13.1 Å². The van der Waals surface area contributed by atoms with E-state index in [4.69, 9.17) is 0 Å². The van der Waals surface area contributed by atoms with Gasteiger partial charge in [-0.3, -0.25) is 0 Å². The van der Waals surface area contributed by atoms with Crippen molar-refractivity contribution < 1.29 is 0 Å². The summed E-state index contributed by atoms with van der Waals surface area (Å²) in [5.74, 6) is 1.54. The zero-order chi connectivity index (χ0) is 14.8. The molecule has 0 radical (unpaired) electrons. The number of likely N-dealkylation sites (N-methyl/N-ethyl adjacent to an activating group) is 1. The highest BCUT2D eigenvalue weighted by atomic mass is 14.8. The minimum absolute atomic E-state index is 0.665. The van der Waals surface area contributed by atoms with E-state index in [0.717, 1.165) is 19.0 Å². The second-order valence-electron chi connectivity index (χ2n) is 6.01. The molecule has 20 heavy (non-hydrogen) atoms. The molecule has 0 aliphatic rings. The van der Waals surface area contributed by atoms with Crippen LogP contribution in [-0.2, 0) is 0 Å². The van der Waals surface area contributed by atoms with Crippen molar-refractivity contribution in [1.82, 2.24) is 5.32 Å². The fourth-order valence-corrected chi connectivity index (χ4v) is 3.07.